The van der Waals surface area contributed by atoms with Crippen LogP contribution in [-0.2, 0) is 28.6 Å². The third-order valence-electron chi connectivity index (χ3n) is 10.6. The number of ether oxygens (including phenoxy) is 3. The number of rotatable bonds is 44. The summed E-state index contributed by atoms with van der Waals surface area (Å²) in [6.07, 6.45) is 55.4. The molecule has 0 aliphatic carbocycles. The Morgan fingerprint density at radius 1 is 0.362 bits per heavy atom. The van der Waals surface area contributed by atoms with E-state index in [2.05, 4.69) is 63.3 Å². The van der Waals surface area contributed by atoms with Crippen molar-refractivity contribution in [1.82, 2.24) is 0 Å². The van der Waals surface area contributed by atoms with E-state index < -0.39 is 6.10 Å². The first-order valence-electron chi connectivity index (χ1n) is 24.6. The van der Waals surface area contributed by atoms with Crippen LogP contribution in [0.3, 0.4) is 0 Å². The van der Waals surface area contributed by atoms with Crippen molar-refractivity contribution in [3.05, 3.63) is 48.6 Å². The first kappa shape index (κ1) is 55.4. The Labute approximate surface area is 358 Å². The quantitative estimate of drug-likeness (QED) is 0.0264. The normalized spacial score (nSPS) is 12.4. The Morgan fingerprint density at radius 2 is 0.707 bits per heavy atom. The van der Waals surface area contributed by atoms with Crippen molar-refractivity contribution < 1.29 is 28.6 Å². The predicted octanol–water partition coefficient (Wildman–Crippen LogP) is 15.9. The molecular weight excluding hydrogens is 721 g/mol. The maximum atomic E-state index is 12.7. The molecule has 58 heavy (non-hydrogen) atoms. The zero-order valence-corrected chi connectivity index (χ0v) is 38.3. The molecule has 0 heterocycles. The lowest BCUT2D eigenvalue weighted by atomic mass is 10.0. The summed E-state index contributed by atoms with van der Waals surface area (Å²) in [7, 11) is 0. The molecule has 0 bridgehead atoms. The second-order valence-electron chi connectivity index (χ2n) is 16.3. The largest absolute Gasteiger partial charge is 0.462 e. The van der Waals surface area contributed by atoms with Gasteiger partial charge in [-0.25, -0.2) is 0 Å². The van der Waals surface area contributed by atoms with Gasteiger partial charge in [-0.05, 0) is 64.2 Å². The molecule has 1 unspecified atom stereocenters. The molecular formula is C52H92O6. The van der Waals surface area contributed by atoms with Gasteiger partial charge in [0, 0.05) is 19.3 Å². The van der Waals surface area contributed by atoms with Crippen LogP contribution >= 0.6 is 0 Å². The van der Waals surface area contributed by atoms with Gasteiger partial charge in [0.15, 0.2) is 6.10 Å². The van der Waals surface area contributed by atoms with Crippen molar-refractivity contribution in [2.75, 3.05) is 13.2 Å². The molecule has 0 aromatic heterocycles. The third kappa shape index (κ3) is 44.5. The number of allylic oxidation sites excluding steroid dienone is 8. The highest BCUT2D eigenvalue weighted by molar-refractivity contribution is 5.71. The molecule has 0 aromatic carbocycles. The van der Waals surface area contributed by atoms with E-state index in [0.29, 0.717) is 19.3 Å². The molecule has 336 valence electrons. The maximum absolute atomic E-state index is 12.7. The van der Waals surface area contributed by atoms with E-state index in [1.807, 2.05) is 6.08 Å². The van der Waals surface area contributed by atoms with Crippen LogP contribution in [0.5, 0.6) is 0 Å². The fourth-order valence-corrected chi connectivity index (χ4v) is 6.89. The monoisotopic (exact) mass is 813 g/mol. The first-order valence-corrected chi connectivity index (χ1v) is 24.6. The van der Waals surface area contributed by atoms with Gasteiger partial charge in [0.25, 0.3) is 0 Å². The molecule has 0 saturated heterocycles. The second-order valence-corrected chi connectivity index (χ2v) is 16.3. The average Bonchev–Trinajstić information content (AvgIpc) is 3.22. The van der Waals surface area contributed by atoms with Crippen molar-refractivity contribution in [2.45, 2.75) is 252 Å². The van der Waals surface area contributed by atoms with Gasteiger partial charge in [-0.15, -0.1) is 0 Å². The Hall–Kier alpha value is -2.63. The molecule has 0 amide bonds. The van der Waals surface area contributed by atoms with Gasteiger partial charge in [0.05, 0.1) is 0 Å². The summed E-state index contributed by atoms with van der Waals surface area (Å²) in [5, 5.41) is 0. The van der Waals surface area contributed by atoms with Crippen LogP contribution in [0.2, 0.25) is 0 Å². The van der Waals surface area contributed by atoms with Crippen molar-refractivity contribution in [3.63, 3.8) is 0 Å². The molecule has 0 fully saturated rings. The highest BCUT2D eigenvalue weighted by Gasteiger charge is 2.19. The van der Waals surface area contributed by atoms with Gasteiger partial charge in [-0.3, -0.25) is 14.4 Å². The minimum absolute atomic E-state index is 0.0980. The summed E-state index contributed by atoms with van der Waals surface area (Å²) in [6.45, 7) is 6.46. The SMILES string of the molecule is CC/C=C\C/C=C\CCCCCCCC(=O)OCC(COC(=O)CCCCCCCCCCCCCCCCC)OC(=O)CC/C=C\C/C=C\CCCCCCCC. The van der Waals surface area contributed by atoms with Crippen LogP contribution < -0.4 is 0 Å². The number of hydrogen-bond acceptors (Lipinski definition) is 6. The van der Waals surface area contributed by atoms with E-state index >= 15 is 0 Å². The standard InChI is InChI=1S/C52H92O6/c1-4-7-10-13-16-19-22-25-26-28-30-33-36-39-42-45-51(54)57-48-49(47-56-50(53)44-41-38-35-32-29-24-21-18-15-12-9-6-3)58-52(55)46-43-40-37-34-31-27-23-20-17-14-11-8-5-2/h9,12,18,21,27,31,37,40,49H,4-8,10-11,13-17,19-20,22-26,28-30,32-36,38-39,41-48H2,1-3H3/b12-9-,21-18-,31-27-,40-37-. The highest BCUT2D eigenvalue weighted by atomic mass is 16.6. The lowest BCUT2D eigenvalue weighted by Gasteiger charge is -2.18. The van der Waals surface area contributed by atoms with Crippen molar-refractivity contribution in [2.24, 2.45) is 0 Å². The lowest BCUT2D eigenvalue weighted by molar-refractivity contribution is -0.166. The van der Waals surface area contributed by atoms with Gasteiger partial charge in [-0.2, -0.15) is 0 Å². The number of carbonyl (C=O) groups is 3. The number of carbonyl (C=O) groups excluding carboxylic acids is 3. The van der Waals surface area contributed by atoms with Crippen molar-refractivity contribution in [1.29, 1.82) is 0 Å². The molecule has 6 heteroatoms. The topological polar surface area (TPSA) is 78.9 Å². The van der Waals surface area contributed by atoms with Gasteiger partial charge in [-0.1, -0.05) is 211 Å². The van der Waals surface area contributed by atoms with Crippen LogP contribution in [0.1, 0.15) is 245 Å². The summed E-state index contributed by atoms with van der Waals surface area (Å²) in [5.74, 6) is -0.978. The fourth-order valence-electron chi connectivity index (χ4n) is 6.89. The molecule has 0 rings (SSSR count). The summed E-state index contributed by atoms with van der Waals surface area (Å²) in [6, 6.07) is 0. The fraction of sp³-hybridized carbons (Fsp3) is 0.788. The molecule has 0 aliphatic heterocycles. The Kier molecular flexibility index (Phi) is 44.9. The predicted molar refractivity (Wildman–Crippen MR) is 247 cm³/mol. The number of hydrogen-bond donors (Lipinski definition) is 0. The summed E-state index contributed by atoms with van der Waals surface area (Å²) >= 11 is 0. The van der Waals surface area contributed by atoms with Gasteiger partial charge in [0.2, 0.25) is 0 Å². The van der Waals surface area contributed by atoms with Gasteiger partial charge < -0.3 is 14.2 Å². The van der Waals surface area contributed by atoms with E-state index in [1.54, 1.807) is 0 Å². The molecule has 0 aromatic rings. The zero-order valence-electron chi connectivity index (χ0n) is 38.3. The number of esters is 3. The minimum atomic E-state index is -0.805. The highest BCUT2D eigenvalue weighted by Crippen LogP contribution is 2.15. The Morgan fingerprint density at radius 3 is 1.10 bits per heavy atom. The van der Waals surface area contributed by atoms with Crippen molar-refractivity contribution >= 4 is 17.9 Å². The molecule has 0 radical (unpaired) electrons. The molecule has 0 spiro atoms. The Balaban J connectivity index is 4.43. The third-order valence-corrected chi connectivity index (χ3v) is 10.6. The summed E-state index contributed by atoms with van der Waals surface area (Å²) in [4.78, 5) is 37.8. The zero-order chi connectivity index (χ0) is 42.3. The summed E-state index contributed by atoms with van der Waals surface area (Å²) < 4.78 is 16.7. The van der Waals surface area contributed by atoms with Crippen LogP contribution in [0.25, 0.3) is 0 Å². The minimum Gasteiger partial charge on any atom is -0.462 e. The van der Waals surface area contributed by atoms with Crippen molar-refractivity contribution in [3.8, 4) is 0 Å². The molecule has 0 N–H and O–H groups in total. The molecule has 1 atom stereocenters. The second kappa shape index (κ2) is 47.1. The maximum Gasteiger partial charge on any atom is 0.306 e. The first-order chi connectivity index (χ1) is 28.5. The van der Waals surface area contributed by atoms with Gasteiger partial charge in [0.1, 0.15) is 13.2 Å². The van der Waals surface area contributed by atoms with E-state index in [0.717, 1.165) is 83.5 Å². The average molecular weight is 813 g/mol. The van der Waals surface area contributed by atoms with Crippen LogP contribution in [0.4, 0.5) is 0 Å². The Bertz CT molecular complexity index is 1030. The molecule has 0 aliphatic rings. The van der Waals surface area contributed by atoms with Crippen LogP contribution in [0, 0.1) is 0 Å². The van der Waals surface area contributed by atoms with Gasteiger partial charge >= 0.3 is 17.9 Å². The van der Waals surface area contributed by atoms with E-state index in [1.165, 1.54) is 116 Å². The van der Waals surface area contributed by atoms with E-state index in [-0.39, 0.29) is 37.5 Å². The molecule has 0 saturated carbocycles. The lowest BCUT2D eigenvalue weighted by Crippen LogP contribution is -2.30. The summed E-state index contributed by atoms with van der Waals surface area (Å²) in [5.41, 5.74) is 0. The van der Waals surface area contributed by atoms with E-state index in [4.69, 9.17) is 14.2 Å². The van der Waals surface area contributed by atoms with Crippen LogP contribution in [0.15, 0.2) is 48.6 Å². The molecule has 6 nitrogen and oxygen atoms in total. The van der Waals surface area contributed by atoms with Crippen LogP contribution in [-0.4, -0.2) is 37.2 Å². The number of unbranched alkanes of at least 4 members (excludes halogenated alkanes) is 25. The van der Waals surface area contributed by atoms with E-state index in [9.17, 15) is 14.4 Å². The smallest absolute Gasteiger partial charge is 0.306 e.